The molecule has 1 amide bonds. The van der Waals surface area contributed by atoms with Gasteiger partial charge in [-0.05, 0) is 43.2 Å². The first-order valence-electron chi connectivity index (χ1n) is 9.32. The van der Waals surface area contributed by atoms with Gasteiger partial charge in [0.25, 0.3) is 0 Å². The number of amides is 1. The summed E-state index contributed by atoms with van der Waals surface area (Å²) in [7, 11) is 0. The van der Waals surface area contributed by atoms with Crippen molar-refractivity contribution in [3.63, 3.8) is 0 Å². The van der Waals surface area contributed by atoms with Gasteiger partial charge in [0, 0.05) is 13.1 Å². The van der Waals surface area contributed by atoms with E-state index in [-0.39, 0.29) is 37.3 Å². The van der Waals surface area contributed by atoms with Crippen LogP contribution in [0.3, 0.4) is 0 Å². The Kier molecular flexibility index (Phi) is 9.21. The number of anilines is 1. The highest BCUT2D eigenvalue weighted by molar-refractivity contribution is 14.0. The maximum Gasteiger partial charge on any atom is 0.246 e. The van der Waals surface area contributed by atoms with Gasteiger partial charge in [-0.15, -0.1) is 24.0 Å². The smallest absolute Gasteiger partial charge is 0.246 e. The highest BCUT2D eigenvalue weighted by Crippen LogP contribution is 2.32. The number of fused-ring (bicyclic) bond motifs is 1. The fourth-order valence-corrected chi connectivity index (χ4v) is 2.73. The van der Waals surface area contributed by atoms with Crippen molar-refractivity contribution in [2.75, 3.05) is 31.7 Å². The van der Waals surface area contributed by atoms with Crippen LogP contribution in [0.1, 0.15) is 12.5 Å². The van der Waals surface area contributed by atoms with Crippen molar-refractivity contribution in [2.24, 2.45) is 4.99 Å². The van der Waals surface area contributed by atoms with E-state index in [4.69, 9.17) is 9.47 Å². The van der Waals surface area contributed by atoms with Crippen molar-refractivity contribution in [2.45, 2.75) is 13.3 Å². The summed E-state index contributed by atoms with van der Waals surface area (Å²) >= 11 is 0. The van der Waals surface area contributed by atoms with E-state index >= 15 is 0 Å². The number of aliphatic imine (C=N–C) groups is 1. The molecule has 31 heavy (non-hydrogen) atoms. The van der Waals surface area contributed by atoms with Crippen LogP contribution in [0.4, 0.5) is 18.9 Å². The van der Waals surface area contributed by atoms with Crippen molar-refractivity contribution in [3.8, 4) is 11.5 Å². The lowest BCUT2D eigenvalue weighted by atomic mass is 10.1. The molecule has 0 spiro atoms. The van der Waals surface area contributed by atoms with Crippen LogP contribution in [0.2, 0.25) is 0 Å². The molecule has 0 radical (unpaired) electrons. The highest BCUT2D eigenvalue weighted by atomic mass is 127. The number of nitrogens with zero attached hydrogens (tertiary/aromatic N) is 1. The van der Waals surface area contributed by atoms with Gasteiger partial charge in [-0.25, -0.2) is 18.2 Å². The van der Waals surface area contributed by atoms with E-state index in [0.717, 1.165) is 17.7 Å². The normalized spacial score (nSPS) is 12.2. The van der Waals surface area contributed by atoms with Gasteiger partial charge in [0.05, 0.1) is 5.69 Å². The molecule has 0 atom stereocenters. The summed E-state index contributed by atoms with van der Waals surface area (Å²) in [5.41, 5.74) is 0.587. The summed E-state index contributed by atoms with van der Waals surface area (Å²) < 4.78 is 50.5. The van der Waals surface area contributed by atoms with E-state index < -0.39 is 29.0 Å². The zero-order valence-corrected chi connectivity index (χ0v) is 19.0. The Bertz CT molecular complexity index is 960. The van der Waals surface area contributed by atoms with Crippen LogP contribution >= 0.6 is 24.0 Å². The molecular weight excluding hydrogens is 528 g/mol. The van der Waals surface area contributed by atoms with Crippen LogP contribution < -0.4 is 25.4 Å². The molecule has 1 heterocycles. The Labute approximate surface area is 194 Å². The summed E-state index contributed by atoms with van der Waals surface area (Å²) in [5.74, 6) is -3.30. The number of ether oxygens (including phenoxy) is 2. The molecule has 0 aromatic heterocycles. The zero-order valence-electron chi connectivity index (χ0n) is 16.6. The predicted octanol–water partition coefficient (Wildman–Crippen LogP) is 3.19. The van der Waals surface area contributed by atoms with E-state index in [1.807, 2.05) is 25.1 Å². The fraction of sp³-hybridized carbons (Fsp3) is 0.300. The first kappa shape index (κ1) is 24.6. The molecule has 0 saturated carbocycles. The number of benzene rings is 2. The van der Waals surface area contributed by atoms with Crippen LogP contribution in [0.25, 0.3) is 0 Å². The average Bonchev–Trinajstić information content (AvgIpc) is 3.20. The monoisotopic (exact) mass is 550 g/mol. The first-order chi connectivity index (χ1) is 14.5. The average molecular weight is 550 g/mol. The summed E-state index contributed by atoms with van der Waals surface area (Å²) in [6.45, 7) is 2.84. The Morgan fingerprint density at radius 1 is 1.06 bits per heavy atom. The van der Waals surface area contributed by atoms with Gasteiger partial charge < -0.3 is 25.4 Å². The maximum absolute atomic E-state index is 13.6. The molecule has 3 N–H and O–H groups in total. The van der Waals surface area contributed by atoms with Crippen LogP contribution in [0.5, 0.6) is 11.5 Å². The van der Waals surface area contributed by atoms with Crippen molar-refractivity contribution < 1.29 is 27.4 Å². The van der Waals surface area contributed by atoms with E-state index in [2.05, 4.69) is 20.9 Å². The minimum atomic E-state index is -1.64. The molecule has 0 aliphatic carbocycles. The molecule has 7 nitrogen and oxygen atoms in total. The van der Waals surface area contributed by atoms with Crippen LogP contribution in [0, 0.1) is 17.5 Å². The Balaban J connectivity index is 0.00000341. The molecule has 0 unspecified atom stereocenters. The molecule has 2 aromatic rings. The largest absolute Gasteiger partial charge is 0.454 e. The van der Waals surface area contributed by atoms with Gasteiger partial charge in [-0.1, -0.05) is 6.07 Å². The third kappa shape index (κ3) is 6.64. The van der Waals surface area contributed by atoms with E-state index in [1.54, 1.807) is 0 Å². The lowest BCUT2D eigenvalue weighted by Gasteiger charge is -2.12. The Morgan fingerprint density at radius 2 is 1.84 bits per heavy atom. The second kappa shape index (κ2) is 11.6. The lowest BCUT2D eigenvalue weighted by molar-refractivity contribution is -0.114. The topological polar surface area (TPSA) is 84.0 Å². The molecule has 3 rings (SSSR count). The molecule has 2 aromatic carbocycles. The molecular formula is C20H22F3IN4O3. The van der Waals surface area contributed by atoms with Gasteiger partial charge in [0.15, 0.2) is 34.9 Å². The third-order valence-corrected chi connectivity index (χ3v) is 4.18. The molecule has 1 aliphatic heterocycles. The zero-order chi connectivity index (χ0) is 21.5. The quantitative estimate of drug-likeness (QED) is 0.214. The maximum atomic E-state index is 13.6. The van der Waals surface area contributed by atoms with E-state index in [1.165, 1.54) is 0 Å². The summed E-state index contributed by atoms with van der Waals surface area (Å²) in [6, 6.07) is 7.36. The first-order valence-corrected chi connectivity index (χ1v) is 9.32. The van der Waals surface area contributed by atoms with Gasteiger partial charge in [0.2, 0.25) is 12.7 Å². The molecule has 168 valence electrons. The van der Waals surface area contributed by atoms with Crippen molar-refractivity contribution in [1.29, 1.82) is 0 Å². The standard InChI is InChI=1S/C20H21F3N4O3.HI/c1-2-24-20(25-8-7-12-3-6-15-16(9-12)30-11-29-15)26-10-17(28)27-14-5-4-13(21)18(22)19(14)23;/h3-6,9H,2,7-8,10-11H2,1H3,(H,27,28)(H2,24,25,26);1H. The number of hydrogen-bond donors (Lipinski definition) is 3. The van der Waals surface area contributed by atoms with Crippen LogP contribution in [-0.2, 0) is 11.2 Å². The van der Waals surface area contributed by atoms with E-state index in [9.17, 15) is 18.0 Å². The van der Waals surface area contributed by atoms with Gasteiger partial charge in [-0.3, -0.25) is 4.79 Å². The SMILES string of the molecule is CCNC(=NCC(=O)Nc1ccc(F)c(F)c1F)NCCc1ccc2c(c1)OCO2.I. The number of nitrogens with one attached hydrogen (secondary N) is 3. The number of halogens is 4. The Morgan fingerprint density at radius 3 is 2.61 bits per heavy atom. The Hall–Kier alpha value is -2.70. The lowest BCUT2D eigenvalue weighted by Crippen LogP contribution is -2.39. The van der Waals surface area contributed by atoms with Gasteiger partial charge in [0.1, 0.15) is 6.54 Å². The highest BCUT2D eigenvalue weighted by Gasteiger charge is 2.15. The summed E-state index contributed by atoms with van der Waals surface area (Å²) in [4.78, 5) is 16.1. The van der Waals surface area contributed by atoms with E-state index in [0.29, 0.717) is 37.0 Å². The summed E-state index contributed by atoms with van der Waals surface area (Å²) in [5, 5.41) is 8.25. The number of carbonyl (C=O) groups excluding carboxylic acids is 1. The second-order valence-corrected chi connectivity index (χ2v) is 6.33. The minimum Gasteiger partial charge on any atom is -0.454 e. The molecule has 0 fully saturated rings. The van der Waals surface area contributed by atoms with Gasteiger partial charge >= 0.3 is 0 Å². The van der Waals surface area contributed by atoms with Crippen LogP contribution in [-0.4, -0.2) is 38.3 Å². The van der Waals surface area contributed by atoms with Crippen molar-refractivity contribution in [1.82, 2.24) is 10.6 Å². The predicted molar refractivity (Wildman–Crippen MR) is 121 cm³/mol. The number of hydrogen-bond acceptors (Lipinski definition) is 4. The van der Waals surface area contributed by atoms with Crippen molar-refractivity contribution in [3.05, 3.63) is 53.3 Å². The minimum absolute atomic E-state index is 0. The third-order valence-electron chi connectivity index (χ3n) is 4.18. The molecule has 0 bridgehead atoms. The fourth-order valence-electron chi connectivity index (χ4n) is 2.73. The number of rotatable bonds is 7. The second-order valence-electron chi connectivity index (χ2n) is 6.33. The summed E-state index contributed by atoms with van der Waals surface area (Å²) in [6.07, 6.45) is 0.674. The number of carbonyl (C=O) groups is 1. The molecule has 1 aliphatic rings. The molecule has 11 heteroatoms. The number of guanidine groups is 1. The van der Waals surface area contributed by atoms with Gasteiger partial charge in [-0.2, -0.15) is 0 Å². The molecule has 0 saturated heterocycles. The van der Waals surface area contributed by atoms with Crippen molar-refractivity contribution >= 4 is 41.5 Å². The van der Waals surface area contributed by atoms with Crippen LogP contribution in [0.15, 0.2) is 35.3 Å².